The van der Waals surface area contributed by atoms with Crippen molar-refractivity contribution < 1.29 is 14.1 Å². The number of nitro benzene ring substituents is 1. The maximum Gasteiger partial charge on any atom is 0.280 e. The summed E-state index contributed by atoms with van der Waals surface area (Å²) in [4.78, 5) is 22.7. The molecular formula is C19H12Cl2N2O4. The van der Waals surface area contributed by atoms with Crippen LogP contribution in [0.4, 0.5) is 11.4 Å². The van der Waals surface area contributed by atoms with Gasteiger partial charge in [-0.25, -0.2) is 0 Å². The monoisotopic (exact) mass is 402 g/mol. The molecule has 0 aliphatic heterocycles. The quantitative estimate of drug-likeness (QED) is 0.331. The standard InChI is InChI=1S/C19H12Cl2N2O4/c20-12-5-8-15(21)16(11-12)22-19(24)10-7-13-6-9-18(27-13)14-3-1-2-4-17(14)23(25)26/h1-11H,(H,22,24)/b10-7+. The highest BCUT2D eigenvalue weighted by atomic mass is 35.5. The van der Waals surface area contributed by atoms with E-state index >= 15 is 0 Å². The van der Waals surface area contributed by atoms with Crippen molar-refractivity contribution in [3.05, 3.63) is 86.6 Å². The van der Waals surface area contributed by atoms with Crippen LogP contribution in [0.25, 0.3) is 17.4 Å². The fourth-order valence-electron chi connectivity index (χ4n) is 2.35. The predicted octanol–water partition coefficient (Wildman–Crippen LogP) is 5.81. The average Bonchev–Trinajstić information content (AvgIpc) is 3.12. The Balaban J connectivity index is 1.75. The van der Waals surface area contributed by atoms with Crippen molar-refractivity contribution in [3.8, 4) is 11.3 Å². The number of halogens is 2. The number of anilines is 1. The van der Waals surface area contributed by atoms with Crippen LogP contribution < -0.4 is 5.32 Å². The summed E-state index contributed by atoms with van der Waals surface area (Å²) in [5.74, 6) is 0.276. The van der Waals surface area contributed by atoms with E-state index in [0.717, 1.165) is 0 Å². The molecule has 0 atom stereocenters. The molecule has 1 N–H and O–H groups in total. The lowest BCUT2D eigenvalue weighted by atomic mass is 10.1. The zero-order chi connectivity index (χ0) is 19.4. The number of rotatable bonds is 5. The van der Waals surface area contributed by atoms with Gasteiger partial charge < -0.3 is 9.73 Å². The van der Waals surface area contributed by atoms with Crippen molar-refractivity contribution in [1.82, 2.24) is 0 Å². The van der Waals surface area contributed by atoms with E-state index in [4.69, 9.17) is 27.6 Å². The molecule has 0 unspecified atom stereocenters. The summed E-state index contributed by atoms with van der Waals surface area (Å²) in [5.41, 5.74) is 0.687. The lowest BCUT2D eigenvalue weighted by Crippen LogP contribution is -2.08. The van der Waals surface area contributed by atoms with Crippen molar-refractivity contribution in [2.75, 3.05) is 5.32 Å². The minimum Gasteiger partial charge on any atom is -0.456 e. The van der Waals surface area contributed by atoms with Gasteiger partial charge >= 0.3 is 0 Å². The molecule has 0 bridgehead atoms. The molecule has 0 saturated carbocycles. The zero-order valence-corrected chi connectivity index (χ0v) is 15.2. The number of hydrogen-bond donors (Lipinski definition) is 1. The van der Waals surface area contributed by atoms with Crippen LogP contribution in [-0.4, -0.2) is 10.8 Å². The van der Waals surface area contributed by atoms with Gasteiger partial charge in [-0.1, -0.05) is 35.3 Å². The molecular weight excluding hydrogens is 391 g/mol. The fraction of sp³-hybridized carbons (Fsp3) is 0. The second-order valence-electron chi connectivity index (χ2n) is 5.42. The molecule has 0 aliphatic carbocycles. The Morgan fingerprint density at radius 3 is 2.67 bits per heavy atom. The van der Waals surface area contributed by atoms with Crippen molar-refractivity contribution in [1.29, 1.82) is 0 Å². The number of furan rings is 1. The molecule has 2 aromatic carbocycles. The molecule has 27 heavy (non-hydrogen) atoms. The summed E-state index contributed by atoms with van der Waals surface area (Å²) in [6.07, 6.45) is 2.71. The Kier molecular flexibility index (Phi) is 5.59. The second-order valence-corrected chi connectivity index (χ2v) is 6.27. The number of amides is 1. The van der Waals surface area contributed by atoms with E-state index in [1.165, 1.54) is 24.3 Å². The first-order chi connectivity index (χ1) is 12.9. The molecule has 3 aromatic rings. The molecule has 0 fully saturated rings. The summed E-state index contributed by atoms with van der Waals surface area (Å²) in [6, 6.07) is 14.2. The highest BCUT2D eigenvalue weighted by Gasteiger charge is 2.16. The number of nitro groups is 1. The molecule has 1 amide bonds. The van der Waals surface area contributed by atoms with Crippen LogP contribution in [0, 0.1) is 10.1 Å². The smallest absolute Gasteiger partial charge is 0.280 e. The van der Waals surface area contributed by atoms with Crippen LogP contribution >= 0.6 is 23.2 Å². The van der Waals surface area contributed by atoms with Gasteiger partial charge in [-0.05, 0) is 42.5 Å². The van der Waals surface area contributed by atoms with Gasteiger partial charge in [0.1, 0.15) is 11.5 Å². The molecule has 8 heteroatoms. The normalized spacial score (nSPS) is 10.9. The van der Waals surface area contributed by atoms with Crippen molar-refractivity contribution in [2.45, 2.75) is 0 Å². The van der Waals surface area contributed by atoms with Crippen LogP contribution in [0.1, 0.15) is 5.76 Å². The number of carbonyl (C=O) groups excluding carboxylic acids is 1. The van der Waals surface area contributed by atoms with E-state index in [1.807, 2.05) is 0 Å². The van der Waals surface area contributed by atoms with E-state index in [2.05, 4.69) is 5.32 Å². The first-order valence-electron chi connectivity index (χ1n) is 7.72. The Morgan fingerprint density at radius 1 is 1.11 bits per heavy atom. The van der Waals surface area contributed by atoms with E-state index in [9.17, 15) is 14.9 Å². The number of hydrogen-bond acceptors (Lipinski definition) is 4. The molecule has 1 heterocycles. The molecule has 0 aliphatic rings. The summed E-state index contributed by atoms with van der Waals surface area (Å²) < 4.78 is 5.59. The minimum absolute atomic E-state index is 0.0595. The third-order valence-electron chi connectivity index (χ3n) is 3.58. The maximum atomic E-state index is 12.0. The van der Waals surface area contributed by atoms with Crippen LogP contribution in [-0.2, 0) is 4.79 Å². The largest absolute Gasteiger partial charge is 0.456 e. The Bertz CT molecular complexity index is 1040. The topological polar surface area (TPSA) is 85.4 Å². The number of nitrogens with one attached hydrogen (secondary N) is 1. The Hall–Kier alpha value is -3.09. The van der Waals surface area contributed by atoms with Gasteiger partial charge in [0.2, 0.25) is 5.91 Å². The van der Waals surface area contributed by atoms with Crippen LogP contribution in [0.3, 0.4) is 0 Å². The summed E-state index contributed by atoms with van der Waals surface area (Å²) in [7, 11) is 0. The number of carbonyl (C=O) groups is 1. The molecule has 1 aromatic heterocycles. The van der Waals surface area contributed by atoms with E-state index in [1.54, 1.807) is 42.5 Å². The highest BCUT2D eigenvalue weighted by Crippen LogP contribution is 2.31. The Labute approximate surface area is 164 Å². The van der Waals surface area contributed by atoms with Crippen molar-refractivity contribution in [3.63, 3.8) is 0 Å². The Morgan fingerprint density at radius 2 is 1.89 bits per heavy atom. The van der Waals surface area contributed by atoms with Crippen LogP contribution in [0.2, 0.25) is 10.0 Å². The molecule has 0 saturated heterocycles. The van der Waals surface area contributed by atoms with Gasteiger partial charge in [0.15, 0.2) is 0 Å². The van der Waals surface area contributed by atoms with Gasteiger partial charge in [-0.2, -0.15) is 0 Å². The fourth-order valence-corrected chi connectivity index (χ4v) is 2.69. The molecule has 0 spiro atoms. The number of para-hydroxylation sites is 1. The predicted molar refractivity (Wildman–Crippen MR) is 105 cm³/mol. The summed E-state index contributed by atoms with van der Waals surface area (Å²) in [5, 5.41) is 14.5. The summed E-state index contributed by atoms with van der Waals surface area (Å²) in [6.45, 7) is 0. The van der Waals surface area contributed by atoms with Gasteiger partial charge in [0, 0.05) is 17.2 Å². The van der Waals surface area contributed by atoms with Crippen LogP contribution in [0.5, 0.6) is 0 Å². The SMILES string of the molecule is O=C(/C=C/c1ccc(-c2ccccc2[N+](=O)[O-])o1)Nc1cc(Cl)ccc1Cl. The first kappa shape index (κ1) is 18.7. The van der Waals surface area contributed by atoms with Crippen molar-refractivity contribution >= 4 is 46.6 Å². The van der Waals surface area contributed by atoms with Gasteiger partial charge in [0.25, 0.3) is 5.69 Å². The average molecular weight is 403 g/mol. The second kappa shape index (κ2) is 8.07. The minimum atomic E-state index is -0.477. The van der Waals surface area contributed by atoms with Crippen molar-refractivity contribution in [2.24, 2.45) is 0 Å². The molecule has 6 nitrogen and oxygen atoms in total. The van der Waals surface area contributed by atoms with E-state index in [-0.39, 0.29) is 5.69 Å². The van der Waals surface area contributed by atoms with E-state index in [0.29, 0.717) is 32.8 Å². The third-order valence-corrected chi connectivity index (χ3v) is 4.14. The lowest BCUT2D eigenvalue weighted by molar-refractivity contribution is -0.384. The molecule has 136 valence electrons. The van der Waals surface area contributed by atoms with Gasteiger partial charge in [-0.15, -0.1) is 0 Å². The van der Waals surface area contributed by atoms with Crippen LogP contribution in [0.15, 0.2) is 65.1 Å². The lowest BCUT2D eigenvalue weighted by Gasteiger charge is -2.04. The highest BCUT2D eigenvalue weighted by molar-refractivity contribution is 6.35. The molecule has 0 radical (unpaired) electrons. The first-order valence-corrected chi connectivity index (χ1v) is 8.47. The third kappa shape index (κ3) is 4.55. The number of benzene rings is 2. The molecule has 3 rings (SSSR count). The maximum absolute atomic E-state index is 12.0. The van der Waals surface area contributed by atoms with Gasteiger partial charge in [-0.3, -0.25) is 14.9 Å². The summed E-state index contributed by atoms with van der Waals surface area (Å²) >= 11 is 11.9. The van der Waals surface area contributed by atoms with Gasteiger partial charge in [0.05, 0.1) is 21.2 Å². The zero-order valence-electron chi connectivity index (χ0n) is 13.7. The number of nitrogens with zero attached hydrogens (tertiary/aromatic N) is 1. The van der Waals surface area contributed by atoms with E-state index < -0.39 is 10.8 Å².